The van der Waals surface area contributed by atoms with Gasteiger partial charge >= 0.3 is 0 Å². The van der Waals surface area contributed by atoms with Gasteiger partial charge in [0.25, 0.3) is 0 Å². The van der Waals surface area contributed by atoms with E-state index in [0.29, 0.717) is 12.1 Å². The number of nitrogens with zero attached hydrogens (tertiary/aromatic N) is 2. The molecule has 3 rings (SSSR count). The first-order valence-electron chi connectivity index (χ1n) is 9.28. The van der Waals surface area contributed by atoms with Gasteiger partial charge in [0.2, 0.25) is 0 Å². The van der Waals surface area contributed by atoms with Gasteiger partial charge in [-0.2, -0.15) is 0 Å². The third-order valence-electron chi connectivity index (χ3n) is 5.34. The van der Waals surface area contributed by atoms with Gasteiger partial charge in [0.15, 0.2) is 0 Å². The van der Waals surface area contributed by atoms with E-state index < -0.39 is 0 Å². The summed E-state index contributed by atoms with van der Waals surface area (Å²) < 4.78 is 0. The molecule has 0 radical (unpaired) electrons. The Morgan fingerprint density at radius 1 is 0.625 bits per heavy atom. The second-order valence-electron chi connectivity index (χ2n) is 7.15. The molecular weight excluding hydrogens is 292 g/mol. The second-order valence-corrected chi connectivity index (χ2v) is 7.15. The molecule has 2 aromatic rings. The van der Waals surface area contributed by atoms with Crippen molar-refractivity contribution in [3.63, 3.8) is 0 Å². The molecule has 0 bridgehead atoms. The van der Waals surface area contributed by atoms with Gasteiger partial charge in [0.1, 0.15) is 0 Å². The van der Waals surface area contributed by atoms with E-state index in [-0.39, 0.29) is 0 Å². The van der Waals surface area contributed by atoms with Crippen molar-refractivity contribution in [1.82, 2.24) is 9.80 Å². The van der Waals surface area contributed by atoms with Crippen molar-refractivity contribution >= 4 is 0 Å². The molecule has 128 valence electrons. The first-order chi connectivity index (χ1) is 11.7. The third kappa shape index (κ3) is 4.68. The monoisotopic (exact) mass is 322 g/mol. The molecule has 0 aromatic heterocycles. The fourth-order valence-corrected chi connectivity index (χ4v) is 3.79. The van der Waals surface area contributed by atoms with Gasteiger partial charge in [-0.3, -0.25) is 9.80 Å². The van der Waals surface area contributed by atoms with E-state index in [0.717, 1.165) is 12.8 Å². The minimum absolute atomic E-state index is 0.624. The first-order valence-corrected chi connectivity index (χ1v) is 9.28. The molecule has 0 unspecified atom stereocenters. The molecule has 2 heteroatoms. The van der Waals surface area contributed by atoms with Crippen molar-refractivity contribution in [3.8, 4) is 0 Å². The van der Waals surface area contributed by atoms with Crippen LogP contribution in [0.5, 0.6) is 0 Å². The molecule has 1 aliphatic heterocycles. The summed E-state index contributed by atoms with van der Waals surface area (Å²) in [4.78, 5) is 5.30. The summed E-state index contributed by atoms with van der Waals surface area (Å²) in [6, 6.07) is 23.0. The number of hydrogen-bond donors (Lipinski definition) is 0. The van der Waals surface area contributed by atoms with Crippen LogP contribution >= 0.6 is 0 Å². The maximum absolute atomic E-state index is 2.65. The van der Waals surface area contributed by atoms with Crippen LogP contribution < -0.4 is 0 Å². The van der Waals surface area contributed by atoms with Crippen molar-refractivity contribution < 1.29 is 0 Å². The predicted octanol–water partition coefficient (Wildman–Crippen LogP) is 3.87. The zero-order valence-electron chi connectivity index (χ0n) is 15.1. The summed E-state index contributed by atoms with van der Waals surface area (Å²) in [5.74, 6) is 0. The third-order valence-corrected chi connectivity index (χ3v) is 5.34. The van der Waals surface area contributed by atoms with Gasteiger partial charge in [-0.15, -0.1) is 0 Å². The molecule has 0 aliphatic carbocycles. The quantitative estimate of drug-likeness (QED) is 0.797. The van der Waals surface area contributed by atoms with Crippen molar-refractivity contribution in [2.75, 3.05) is 26.2 Å². The zero-order valence-corrected chi connectivity index (χ0v) is 15.1. The lowest BCUT2D eigenvalue weighted by molar-refractivity contribution is 0.0785. The average molecular weight is 322 g/mol. The van der Waals surface area contributed by atoms with Crippen LogP contribution in [0, 0.1) is 0 Å². The minimum Gasteiger partial charge on any atom is -0.298 e. The van der Waals surface area contributed by atoms with Gasteiger partial charge < -0.3 is 0 Å². The molecule has 1 heterocycles. The Labute approximate surface area is 147 Å². The van der Waals surface area contributed by atoms with Crippen LogP contribution in [0.25, 0.3) is 0 Å². The Hall–Kier alpha value is -1.64. The lowest BCUT2D eigenvalue weighted by atomic mass is 10.0. The average Bonchev–Trinajstić information content (AvgIpc) is 2.63. The summed E-state index contributed by atoms with van der Waals surface area (Å²) in [6.07, 6.45) is 2.31. The topological polar surface area (TPSA) is 6.48 Å². The normalized spacial score (nSPS) is 19.1. The van der Waals surface area contributed by atoms with Crippen molar-refractivity contribution in [3.05, 3.63) is 71.8 Å². The maximum Gasteiger partial charge on any atom is 0.0113 e. The largest absolute Gasteiger partial charge is 0.298 e. The zero-order chi connectivity index (χ0) is 16.8. The van der Waals surface area contributed by atoms with Crippen LogP contribution in [0.4, 0.5) is 0 Å². The van der Waals surface area contributed by atoms with E-state index in [1.165, 1.54) is 37.3 Å². The Kier molecular flexibility index (Phi) is 6.06. The van der Waals surface area contributed by atoms with Crippen LogP contribution in [0.3, 0.4) is 0 Å². The van der Waals surface area contributed by atoms with E-state index in [1.807, 2.05) is 0 Å². The van der Waals surface area contributed by atoms with Gasteiger partial charge in [-0.1, -0.05) is 60.7 Å². The van der Waals surface area contributed by atoms with Crippen molar-refractivity contribution in [1.29, 1.82) is 0 Å². The first kappa shape index (κ1) is 17.2. The smallest absolute Gasteiger partial charge is 0.0113 e. The Morgan fingerprint density at radius 2 is 0.958 bits per heavy atom. The number of benzene rings is 2. The van der Waals surface area contributed by atoms with Crippen LogP contribution in [0.15, 0.2) is 60.7 Å². The van der Waals surface area contributed by atoms with Gasteiger partial charge in [0, 0.05) is 38.3 Å². The lowest BCUT2D eigenvalue weighted by Crippen LogP contribution is -2.52. The standard InChI is InChI=1S/C22H30N2/c1-19(17-21-9-5-3-6-10-21)23-13-15-24(16-14-23)20(2)18-22-11-7-4-8-12-22/h3-12,19-20H,13-18H2,1-2H3/t19-,20+. The fraction of sp³-hybridized carbons (Fsp3) is 0.455. The number of piperazine rings is 1. The van der Waals surface area contributed by atoms with Gasteiger partial charge in [-0.05, 0) is 37.8 Å². The molecule has 2 aromatic carbocycles. The molecule has 1 fully saturated rings. The Bertz CT molecular complexity index is 532. The molecule has 24 heavy (non-hydrogen) atoms. The van der Waals surface area contributed by atoms with Gasteiger partial charge in [-0.25, -0.2) is 0 Å². The SMILES string of the molecule is C[C@H](Cc1ccccc1)N1CCN([C@@H](C)Cc2ccccc2)CC1. The molecule has 1 aliphatic rings. The summed E-state index contributed by atoms with van der Waals surface area (Å²) in [7, 11) is 0. The van der Waals surface area contributed by atoms with E-state index in [2.05, 4.69) is 84.3 Å². The second kappa shape index (κ2) is 8.46. The van der Waals surface area contributed by atoms with Crippen LogP contribution in [-0.2, 0) is 12.8 Å². The summed E-state index contributed by atoms with van der Waals surface area (Å²) in [5.41, 5.74) is 2.90. The highest BCUT2D eigenvalue weighted by Gasteiger charge is 2.24. The van der Waals surface area contributed by atoms with E-state index in [1.54, 1.807) is 0 Å². The molecule has 0 spiro atoms. The van der Waals surface area contributed by atoms with E-state index in [4.69, 9.17) is 0 Å². The molecule has 1 saturated heterocycles. The van der Waals surface area contributed by atoms with E-state index in [9.17, 15) is 0 Å². The highest BCUT2D eigenvalue weighted by molar-refractivity contribution is 5.16. The van der Waals surface area contributed by atoms with Crippen LogP contribution in [-0.4, -0.2) is 48.1 Å². The molecule has 0 saturated carbocycles. The van der Waals surface area contributed by atoms with Crippen molar-refractivity contribution in [2.45, 2.75) is 38.8 Å². The van der Waals surface area contributed by atoms with Crippen LogP contribution in [0.1, 0.15) is 25.0 Å². The molecule has 2 nitrogen and oxygen atoms in total. The lowest BCUT2D eigenvalue weighted by Gasteiger charge is -2.40. The molecular formula is C22H30N2. The predicted molar refractivity (Wildman–Crippen MR) is 102 cm³/mol. The summed E-state index contributed by atoms with van der Waals surface area (Å²) in [5, 5.41) is 0. The highest BCUT2D eigenvalue weighted by atomic mass is 15.3. The van der Waals surface area contributed by atoms with Crippen molar-refractivity contribution in [2.24, 2.45) is 0 Å². The number of rotatable bonds is 6. The Morgan fingerprint density at radius 3 is 1.29 bits per heavy atom. The fourth-order valence-electron chi connectivity index (χ4n) is 3.79. The van der Waals surface area contributed by atoms with Crippen LogP contribution in [0.2, 0.25) is 0 Å². The molecule has 0 amide bonds. The number of hydrogen-bond acceptors (Lipinski definition) is 2. The maximum atomic E-state index is 2.65. The Balaban J connectivity index is 1.46. The van der Waals surface area contributed by atoms with E-state index >= 15 is 0 Å². The summed E-state index contributed by atoms with van der Waals surface area (Å²) in [6.45, 7) is 9.49. The molecule has 0 N–H and O–H groups in total. The minimum atomic E-state index is 0.624. The highest BCUT2D eigenvalue weighted by Crippen LogP contribution is 2.15. The summed E-state index contributed by atoms with van der Waals surface area (Å²) >= 11 is 0. The van der Waals surface area contributed by atoms with Gasteiger partial charge in [0.05, 0.1) is 0 Å². The molecule has 2 atom stereocenters.